The third-order valence-electron chi connectivity index (χ3n) is 2.51. The molecular weight excluding hydrogens is 346 g/mol. The van der Waals surface area contributed by atoms with Crippen molar-refractivity contribution in [3.63, 3.8) is 0 Å². The second-order valence-electron chi connectivity index (χ2n) is 3.59. The van der Waals surface area contributed by atoms with Crippen LogP contribution < -0.4 is 0 Å². The molecule has 0 saturated carbocycles. The van der Waals surface area contributed by atoms with Gasteiger partial charge in [0.05, 0.1) is 15.6 Å². The molecule has 0 aliphatic carbocycles. The lowest BCUT2D eigenvalue weighted by Gasteiger charge is -2.08. The van der Waals surface area contributed by atoms with Crippen molar-refractivity contribution in [2.75, 3.05) is 6.26 Å². The standard InChI is InChI=1S/C12H6Cl4N2S/c1-19-10-7(13)2-5(3-8(10)14)9-6(4-17)11(15)18-12(9)16/h2-3,18H,1H3. The topological polar surface area (TPSA) is 39.6 Å². The van der Waals surface area contributed by atoms with Gasteiger partial charge in [-0.15, -0.1) is 11.8 Å². The first-order valence-corrected chi connectivity index (χ1v) is 7.73. The number of nitrogens with zero attached hydrogens (tertiary/aromatic N) is 1. The van der Waals surface area contributed by atoms with Crippen molar-refractivity contribution in [1.29, 1.82) is 5.26 Å². The minimum atomic E-state index is 0.198. The van der Waals surface area contributed by atoms with Crippen LogP contribution in [-0.2, 0) is 0 Å². The highest BCUT2D eigenvalue weighted by Crippen LogP contribution is 2.41. The Labute approximate surface area is 134 Å². The van der Waals surface area contributed by atoms with E-state index in [0.717, 1.165) is 4.90 Å². The van der Waals surface area contributed by atoms with Gasteiger partial charge in [0.1, 0.15) is 16.4 Å². The summed E-state index contributed by atoms with van der Waals surface area (Å²) in [6.45, 7) is 0. The molecule has 0 bridgehead atoms. The predicted molar refractivity (Wildman–Crippen MR) is 82.8 cm³/mol. The summed E-state index contributed by atoms with van der Waals surface area (Å²) in [5, 5.41) is 10.6. The van der Waals surface area contributed by atoms with Gasteiger partial charge < -0.3 is 4.98 Å². The van der Waals surface area contributed by atoms with Crippen LogP contribution >= 0.6 is 58.2 Å². The first kappa shape index (κ1) is 14.9. The molecule has 98 valence electrons. The smallest absolute Gasteiger partial charge is 0.126 e. The lowest BCUT2D eigenvalue weighted by atomic mass is 10.1. The van der Waals surface area contributed by atoms with Crippen molar-refractivity contribution >= 4 is 58.2 Å². The molecule has 2 aromatic rings. The first-order valence-electron chi connectivity index (χ1n) is 5.00. The zero-order valence-corrected chi connectivity index (χ0v) is 13.4. The molecule has 2 nitrogen and oxygen atoms in total. The average Bonchev–Trinajstić information content (AvgIpc) is 2.62. The third kappa shape index (κ3) is 2.69. The van der Waals surface area contributed by atoms with E-state index in [-0.39, 0.29) is 15.9 Å². The summed E-state index contributed by atoms with van der Waals surface area (Å²) in [6.07, 6.45) is 1.88. The van der Waals surface area contributed by atoms with E-state index in [1.807, 2.05) is 12.3 Å². The number of nitrogens with one attached hydrogen (secondary N) is 1. The summed E-state index contributed by atoms with van der Waals surface area (Å²) in [7, 11) is 0. The Balaban J connectivity index is 2.71. The Kier molecular flexibility index (Phi) is 4.60. The maximum absolute atomic E-state index is 9.13. The molecule has 0 spiro atoms. The van der Waals surface area contributed by atoms with Gasteiger partial charge in [-0.25, -0.2) is 0 Å². The Morgan fingerprint density at radius 1 is 1.11 bits per heavy atom. The van der Waals surface area contributed by atoms with Crippen LogP contribution in [0.25, 0.3) is 11.1 Å². The number of rotatable bonds is 2. The zero-order valence-electron chi connectivity index (χ0n) is 9.52. The van der Waals surface area contributed by atoms with Crippen molar-refractivity contribution in [2.24, 2.45) is 0 Å². The van der Waals surface area contributed by atoms with Crippen LogP contribution in [0, 0.1) is 11.3 Å². The van der Waals surface area contributed by atoms with Crippen LogP contribution in [0.15, 0.2) is 17.0 Å². The van der Waals surface area contributed by atoms with E-state index >= 15 is 0 Å². The van der Waals surface area contributed by atoms with Crippen LogP contribution in [0.4, 0.5) is 0 Å². The fourth-order valence-corrected chi connectivity index (χ4v) is 3.75. The number of hydrogen-bond donors (Lipinski definition) is 1. The van der Waals surface area contributed by atoms with E-state index < -0.39 is 0 Å². The predicted octanol–water partition coefficient (Wildman–Crippen LogP) is 5.89. The normalized spacial score (nSPS) is 10.5. The number of aromatic amines is 1. The molecule has 19 heavy (non-hydrogen) atoms. The molecule has 0 unspecified atom stereocenters. The number of hydrogen-bond acceptors (Lipinski definition) is 2. The molecule has 2 rings (SSSR count). The number of aromatic nitrogens is 1. The highest BCUT2D eigenvalue weighted by molar-refractivity contribution is 7.98. The Bertz CT molecular complexity index is 665. The van der Waals surface area contributed by atoms with E-state index in [2.05, 4.69) is 4.98 Å². The summed E-state index contributed by atoms with van der Waals surface area (Å²) in [5.74, 6) is 0. The zero-order chi connectivity index (χ0) is 14.2. The molecule has 0 radical (unpaired) electrons. The van der Waals surface area contributed by atoms with E-state index in [4.69, 9.17) is 51.7 Å². The monoisotopic (exact) mass is 350 g/mol. The van der Waals surface area contributed by atoms with Crippen LogP contribution in [-0.4, -0.2) is 11.2 Å². The number of thioether (sulfide) groups is 1. The molecule has 0 aliphatic heterocycles. The molecule has 1 heterocycles. The fourth-order valence-electron chi connectivity index (χ4n) is 1.72. The maximum atomic E-state index is 9.13. The Morgan fingerprint density at radius 2 is 1.68 bits per heavy atom. The second-order valence-corrected chi connectivity index (χ2v) is 5.97. The van der Waals surface area contributed by atoms with Crippen LogP contribution in [0.5, 0.6) is 0 Å². The molecule has 0 aliphatic rings. The van der Waals surface area contributed by atoms with Gasteiger partial charge in [-0.2, -0.15) is 5.26 Å². The average molecular weight is 352 g/mol. The van der Waals surface area contributed by atoms with Crippen LogP contribution in [0.1, 0.15) is 5.56 Å². The number of benzene rings is 1. The van der Waals surface area contributed by atoms with Gasteiger partial charge in [0.2, 0.25) is 0 Å². The molecule has 0 atom stereocenters. The molecule has 1 N–H and O–H groups in total. The van der Waals surface area contributed by atoms with Crippen molar-refractivity contribution in [3.05, 3.63) is 38.0 Å². The summed E-state index contributed by atoms with van der Waals surface area (Å²) >= 11 is 25.7. The SMILES string of the molecule is CSc1c(Cl)cc(-c2c(Cl)[nH]c(Cl)c2C#N)cc1Cl. The largest absolute Gasteiger partial charge is 0.335 e. The third-order valence-corrected chi connectivity index (χ3v) is 4.75. The van der Waals surface area contributed by atoms with Gasteiger partial charge in [-0.1, -0.05) is 46.4 Å². The molecule has 0 saturated heterocycles. The Hall–Kier alpha value is -0.500. The summed E-state index contributed by atoms with van der Waals surface area (Å²) in [5.41, 5.74) is 1.43. The van der Waals surface area contributed by atoms with Gasteiger partial charge in [0.25, 0.3) is 0 Å². The number of nitriles is 1. The van der Waals surface area contributed by atoms with Crippen molar-refractivity contribution < 1.29 is 0 Å². The van der Waals surface area contributed by atoms with Gasteiger partial charge in [0, 0.05) is 10.5 Å². The molecular formula is C12H6Cl4N2S. The first-order chi connectivity index (χ1) is 8.99. The Morgan fingerprint density at radius 3 is 2.16 bits per heavy atom. The number of H-pyrrole nitrogens is 1. The summed E-state index contributed by atoms with van der Waals surface area (Å²) in [4.78, 5) is 3.49. The van der Waals surface area contributed by atoms with E-state index in [9.17, 15) is 0 Å². The molecule has 1 aromatic heterocycles. The number of halogens is 4. The fraction of sp³-hybridized carbons (Fsp3) is 0.0833. The van der Waals surface area contributed by atoms with Gasteiger partial charge in [0.15, 0.2) is 0 Å². The quantitative estimate of drug-likeness (QED) is 0.685. The van der Waals surface area contributed by atoms with E-state index in [0.29, 0.717) is 21.2 Å². The van der Waals surface area contributed by atoms with Gasteiger partial charge >= 0.3 is 0 Å². The lowest BCUT2D eigenvalue weighted by Crippen LogP contribution is -1.84. The summed E-state index contributed by atoms with van der Waals surface area (Å²) in [6, 6.07) is 5.44. The molecule has 7 heteroatoms. The van der Waals surface area contributed by atoms with Gasteiger partial charge in [-0.05, 0) is 24.0 Å². The van der Waals surface area contributed by atoms with Crippen LogP contribution in [0.3, 0.4) is 0 Å². The summed E-state index contributed by atoms with van der Waals surface area (Å²) < 4.78 is 0. The van der Waals surface area contributed by atoms with Crippen molar-refractivity contribution in [1.82, 2.24) is 4.98 Å². The molecule has 1 aromatic carbocycles. The van der Waals surface area contributed by atoms with Crippen molar-refractivity contribution in [3.8, 4) is 17.2 Å². The van der Waals surface area contributed by atoms with Crippen LogP contribution in [0.2, 0.25) is 20.4 Å². The molecule has 0 fully saturated rings. The lowest BCUT2D eigenvalue weighted by molar-refractivity contribution is 1.40. The minimum absolute atomic E-state index is 0.198. The van der Waals surface area contributed by atoms with E-state index in [1.165, 1.54) is 11.8 Å². The minimum Gasteiger partial charge on any atom is -0.335 e. The van der Waals surface area contributed by atoms with Crippen molar-refractivity contribution in [2.45, 2.75) is 4.90 Å². The highest BCUT2D eigenvalue weighted by atomic mass is 35.5. The highest BCUT2D eigenvalue weighted by Gasteiger charge is 2.19. The maximum Gasteiger partial charge on any atom is 0.126 e. The molecule has 0 amide bonds. The second kappa shape index (κ2) is 5.87. The van der Waals surface area contributed by atoms with E-state index in [1.54, 1.807) is 12.1 Å². The van der Waals surface area contributed by atoms with Gasteiger partial charge in [-0.3, -0.25) is 0 Å².